The van der Waals surface area contributed by atoms with Crippen LogP contribution in [-0.2, 0) is 6.18 Å². The third-order valence-electron chi connectivity index (χ3n) is 3.16. The Morgan fingerprint density at radius 3 is 2.63 bits per heavy atom. The smallest absolute Gasteiger partial charge is 0.342 e. The largest absolute Gasteiger partial charge is 0.417 e. The minimum atomic E-state index is -4.37. The molecule has 2 aromatic rings. The van der Waals surface area contributed by atoms with E-state index in [1.54, 1.807) is 12.3 Å². The molecule has 0 aliphatic heterocycles. The zero-order valence-electron chi connectivity index (χ0n) is 9.76. The van der Waals surface area contributed by atoms with Crippen LogP contribution in [0.4, 0.5) is 13.2 Å². The number of halogens is 4. The van der Waals surface area contributed by atoms with Gasteiger partial charge in [-0.3, -0.25) is 0 Å². The Hall–Kier alpha value is -1.30. The Labute approximate surface area is 116 Å². The first-order valence-corrected chi connectivity index (χ1v) is 6.66. The number of nitrogens with one attached hydrogen (secondary N) is 1. The van der Waals surface area contributed by atoms with Crippen molar-refractivity contribution in [2.75, 3.05) is 0 Å². The lowest BCUT2D eigenvalue weighted by molar-refractivity contribution is -0.138. The molecule has 0 radical (unpaired) electrons. The Morgan fingerprint density at radius 1 is 1.26 bits per heavy atom. The molecule has 0 amide bonds. The van der Waals surface area contributed by atoms with Crippen molar-refractivity contribution in [3.05, 3.63) is 40.1 Å². The van der Waals surface area contributed by atoms with Crippen LogP contribution in [0.15, 0.2) is 28.9 Å². The lowest BCUT2D eigenvalue weighted by Crippen LogP contribution is -2.06. The molecule has 0 saturated heterocycles. The van der Waals surface area contributed by atoms with Gasteiger partial charge in [-0.15, -0.1) is 0 Å². The first-order valence-electron chi connectivity index (χ1n) is 5.87. The molecule has 1 aliphatic carbocycles. The summed E-state index contributed by atoms with van der Waals surface area (Å²) in [4.78, 5) is 7.26. The van der Waals surface area contributed by atoms with Crippen molar-refractivity contribution in [2.45, 2.75) is 24.9 Å². The van der Waals surface area contributed by atoms with Crippen molar-refractivity contribution in [1.82, 2.24) is 9.97 Å². The Kier molecular flexibility index (Phi) is 2.92. The van der Waals surface area contributed by atoms with E-state index in [0.717, 1.165) is 24.6 Å². The number of benzene rings is 1. The highest BCUT2D eigenvalue weighted by Crippen LogP contribution is 2.40. The summed E-state index contributed by atoms with van der Waals surface area (Å²) < 4.78 is 38.5. The summed E-state index contributed by atoms with van der Waals surface area (Å²) in [6.45, 7) is 0. The molecule has 1 saturated carbocycles. The number of rotatable bonds is 2. The van der Waals surface area contributed by atoms with E-state index in [0.29, 0.717) is 17.3 Å². The number of aromatic nitrogens is 2. The Morgan fingerprint density at radius 2 is 2.00 bits per heavy atom. The molecule has 1 aromatic heterocycles. The van der Waals surface area contributed by atoms with Crippen LogP contribution in [0.25, 0.3) is 11.4 Å². The van der Waals surface area contributed by atoms with Gasteiger partial charge in [-0.25, -0.2) is 4.98 Å². The minimum Gasteiger partial charge on any atom is -0.342 e. The Balaban J connectivity index is 1.99. The number of H-pyrrole nitrogens is 1. The molecule has 2 nitrogen and oxygen atoms in total. The predicted molar refractivity (Wildman–Crippen MR) is 68.7 cm³/mol. The van der Waals surface area contributed by atoms with Crippen molar-refractivity contribution < 1.29 is 13.2 Å². The number of hydrogen-bond acceptors (Lipinski definition) is 1. The van der Waals surface area contributed by atoms with Gasteiger partial charge in [0.25, 0.3) is 0 Å². The third-order valence-corrected chi connectivity index (χ3v) is 3.85. The summed E-state index contributed by atoms with van der Waals surface area (Å²) >= 11 is 2.93. The van der Waals surface area contributed by atoms with Gasteiger partial charge in [0.2, 0.25) is 0 Å². The summed E-state index contributed by atoms with van der Waals surface area (Å²) in [6, 6.07) is 4.13. The standard InChI is InChI=1S/C13H10BrF3N2/c14-10-4-3-8(5-9(10)13(15,16)17)12-18-6-11(19-12)7-1-2-7/h3-7H,1-2H2,(H,18,19). The van der Waals surface area contributed by atoms with Crippen molar-refractivity contribution in [3.63, 3.8) is 0 Å². The summed E-state index contributed by atoms with van der Waals surface area (Å²) in [5.74, 6) is 0.985. The normalized spacial score (nSPS) is 15.8. The van der Waals surface area contributed by atoms with Crippen LogP contribution in [0.1, 0.15) is 30.0 Å². The van der Waals surface area contributed by atoms with Gasteiger partial charge in [-0.2, -0.15) is 13.2 Å². The molecular formula is C13H10BrF3N2. The first-order chi connectivity index (χ1) is 8.95. The van der Waals surface area contributed by atoms with Crippen LogP contribution in [0, 0.1) is 0 Å². The lowest BCUT2D eigenvalue weighted by atomic mass is 10.1. The number of aromatic amines is 1. The zero-order valence-corrected chi connectivity index (χ0v) is 11.3. The maximum Gasteiger partial charge on any atom is 0.417 e. The molecule has 1 heterocycles. The molecule has 1 aromatic carbocycles. The fourth-order valence-electron chi connectivity index (χ4n) is 1.97. The predicted octanol–water partition coefficient (Wildman–Crippen LogP) is 4.74. The molecular weight excluding hydrogens is 321 g/mol. The zero-order chi connectivity index (χ0) is 13.6. The van der Waals surface area contributed by atoms with Crippen molar-refractivity contribution in [1.29, 1.82) is 0 Å². The van der Waals surface area contributed by atoms with Crippen molar-refractivity contribution in [2.24, 2.45) is 0 Å². The highest BCUT2D eigenvalue weighted by molar-refractivity contribution is 9.10. The van der Waals surface area contributed by atoms with Gasteiger partial charge < -0.3 is 4.98 Å². The van der Waals surface area contributed by atoms with E-state index < -0.39 is 11.7 Å². The first kappa shape index (κ1) is 12.7. The molecule has 100 valence electrons. The second-order valence-electron chi connectivity index (χ2n) is 4.65. The monoisotopic (exact) mass is 330 g/mol. The number of imidazole rings is 1. The SMILES string of the molecule is FC(F)(F)c1cc(-c2ncc(C3CC3)[nH]2)ccc1Br. The van der Waals surface area contributed by atoms with E-state index in [4.69, 9.17) is 0 Å². The van der Waals surface area contributed by atoms with Gasteiger partial charge in [0.1, 0.15) is 5.82 Å². The fraction of sp³-hybridized carbons (Fsp3) is 0.308. The van der Waals surface area contributed by atoms with E-state index in [1.165, 1.54) is 6.07 Å². The summed E-state index contributed by atoms with van der Waals surface area (Å²) in [7, 11) is 0. The molecule has 0 bridgehead atoms. The van der Waals surface area contributed by atoms with Gasteiger partial charge in [-0.05, 0) is 25.0 Å². The minimum absolute atomic E-state index is 0.0396. The molecule has 6 heteroatoms. The van der Waals surface area contributed by atoms with E-state index in [2.05, 4.69) is 25.9 Å². The van der Waals surface area contributed by atoms with Crippen LogP contribution in [-0.4, -0.2) is 9.97 Å². The average Bonchev–Trinajstić information content (AvgIpc) is 3.07. The van der Waals surface area contributed by atoms with E-state index in [-0.39, 0.29) is 4.47 Å². The van der Waals surface area contributed by atoms with Crippen LogP contribution in [0.3, 0.4) is 0 Å². The Bertz CT molecular complexity index is 615. The topological polar surface area (TPSA) is 28.7 Å². The maximum atomic E-state index is 12.8. The number of hydrogen-bond donors (Lipinski definition) is 1. The number of alkyl halides is 3. The van der Waals surface area contributed by atoms with Crippen molar-refractivity contribution in [3.8, 4) is 11.4 Å². The number of nitrogens with zero attached hydrogens (tertiary/aromatic N) is 1. The highest BCUT2D eigenvalue weighted by atomic mass is 79.9. The summed E-state index contributed by atoms with van der Waals surface area (Å²) in [5.41, 5.74) is 0.767. The molecule has 3 rings (SSSR count). The summed E-state index contributed by atoms with van der Waals surface area (Å²) in [5, 5.41) is 0. The second-order valence-corrected chi connectivity index (χ2v) is 5.51. The second kappa shape index (κ2) is 4.37. The van der Waals surface area contributed by atoms with Crippen LogP contribution in [0.5, 0.6) is 0 Å². The van der Waals surface area contributed by atoms with Crippen LogP contribution < -0.4 is 0 Å². The fourth-order valence-corrected chi connectivity index (χ4v) is 2.45. The van der Waals surface area contributed by atoms with Crippen molar-refractivity contribution >= 4 is 15.9 Å². The quantitative estimate of drug-likeness (QED) is 0.846. The van der Waals surface area contributed by atoms with Gasteiger partial charge >= 0.3 is 6.18 Å². The third kappa shape index (κ3) is 2.54. The molecule has 1 fully saturated rings. The summed E-state index contributed by atoms with van der Waals surface area (Å²) in [6.07, 6.45) is -0.422. The molecule has 0 spiro atoms. The lowest BCUT2D eigenvalue weighted by Gasteiger charge is -2.10. The van der Waals surface area contributed by atoms with Gasteiger partial charge in [0.05, 0.1) is 5.56 Å². The van der Waals surface area contributed by atoms with E-state index in [1.807, 2.05) is 0 Å². The molecule has 0 unspecified atom stereocenters. The average molecular weight is 331 g/mol. The van der Waals surface area contributed by atoms with Gasteiger partial charge in [0, 0.05) is 27.8 Å². The van der Waals surface area contributed by atoms with Gasteiger partial charge in [0.15, 0.2) is 0 Å². The van der Waals surface area contributed by atoms with E-state index >= 15 is 0 Å². The molecule has 1 aliphatic rings. The molecule has 1 N–H and O–H groups in total. The maximum absolute atomic E-state index is 12.8. The molecule has 19 heavy (non-hydrogen) atoms. The van der Waals surface area contributed by atoms with Crippen LogP contribution in [0.2, 0.25) is 0 Å². The van der Waals surface area contributed by atoms with Gasteiger partial charge in [-0.1, -0.05) is 22.0 Å². The molecule has 0 atom stereocenters. The highest BCUT2D eigenvalue weighted by Gasteiger charge is 2.33. The van der Waals surface area contributed by atoms with Crippen LogP contribution >= 0.6 is 15.9 Å². The van der Waals surface area contributed by atoms with E-state index in [9.17, 15) is 13.2 Å².